The van der Waals surface area contributed by atoms with E-state index >= 15 is 0 Å². The lowest BCUT2D eigenvalue weighted by Crippen LogP contribution is -2.61. The van der Waals surface area contributed by atoms with Crippen LogP contribution in [0.15, 0.2) is 24.3 Å². The van der Waals surface area contributed by atoms with Crippen LogP contribution in [0, 0.1) is 0 Å². The van der Waals surface area contributed by atoms with Crippen molar-refractivity contribution < 1.29 is 9.90 Å². The fourth-order valence-corrected chi connectivity index (χ4v) is 3.54. The molecule has 0 bridgehead atoms. The van der Waals surface area contributed by atoms with E-state index in [1.165, 1.54) is 5.56 Å². The lowest BCUT2D eigenvalue weighted by molar-refractivity contribution is -0.142. The highest BCUT2D eigenvalue weighted by Crippen LogP contribution is 2.46. The second kappa shape index (κ2) is 4.26. The van der Waals surface area contributed by atoms with Crippen molar-refractivity contribution >= 4 is 11.7 Å². The number of anilines is 1. The molecule has 3 heteroatoms. The Kier molecular flexibility index (Phi) is 3.12. The summed E-state index contributed by atoms with van der Waals surface area (Å²) in [5.41, 5.74) is 1.21. The highest BCUT2D eigenvalue weighted by molar-refractivity contribution is 5.84. The van der Waals surface area contributed by atoms with Crippen LogP contribution in [0.1, 0.15) is 52.5 Å². The Hall–Kier alpha value is -1.51. The van der Waals surface area contributed by atoms with Crippen LogP contribution in [0.5, 0.6) is 0 Å². The van der Waals surface area contributed by atoms with E-state index in [2.05, 4.69) is 31.7 Å². The van der Waals surface area contributed by atoms with Gasteiger partial charge >= 0.3 is 5.97 Å². The second-order valence-corrected chi connectivity index (χ2v) is 6.68. The number of carboxylic acid groups (broad SMARTS) is 1. The number of rotatable bonds is 2. The van der Waals surface area contributed by atoms with E-state index in [1.54, 1.807) is 13.8 Å². The zero-order chi connectivity index (χ0) is 14.4. The number of carboxylic acids is 1. The van der Waals surface area contributed by atoms with Crippen molar-refractivity contribution in [2.75, 3.05) is 4.90 Å². The van der Waals surface area contributed by atoms with Crippen molar-refractivity contribution in [1.82, 2.24) is 0 Å². The molecule has 2 rings (SSSR count). The van der Waals surface area contributed by atoms with Crippen LogP contribution in [0.4, 0.5) is 5.69 Å². The minimum atomic E-state index is -0.917. The van der Waals surface area contributed by atoms with Gasteiger partial charge in [-0.05, 0) is 51.7 Å². The molecule has 0 unspecified atom stereocenters. The van der Waals surface area contributed by atoms with Crippen molar-refractivity contribution in [2.45, 2.75) is 58.0 Å². The van der Waals surface area contributed by atoms with E-state index in [9.17, 15) is 9.90 Å². The smallest absolute Gasteiger partial charge is 0.328 e. The largest absolute Gasteiger partial charge is 0.480 e. The monoisotopic (exact) mass is 261 g/mol. The number of aliphatic carboxylic acids is 1. The number of fused-ring (bicyclic) bond motifs is 1. The van der Waals surface area contributed by atoms with Crippen molar-refractivity contribution in [1.29, 1.82) is 0 Å². The third-order valence-electron chi connectivity index (χ3n) is 4.20. The van der Waals surface area contributed by atoms with Crippen LogP contribution in [-0.4, -0.2) is 22.2 Å². The van der Waals surface area contributed by atoms with Gasteiger partial charge in [0.1, 0.15) is 5.54 Å². The van der Waals surface area contributed by atoms with E-state index in [1.807, 2.05) is 18.2 Å². The Labute approximate surface area is 115 Å². The fraction of sp³-hybridized carbons (Fsp3) is 0.562. The highest BCUT2D eigenvalue weighted by atomic mass is 16.4. The van der Waals surface area contributed by atoms with Crippen LogP contribution in [0.2, 0.25) is 0 Å². The average Bonchev–Trinajstić information content (AvgIpc) is 2.27. The summed E-state index contributed by atoms with van der Waals surface area (Å²) in [7, 11) is 0. The molecule has 0 aliphatic carbocycles. The number of carbonyl (C=O) groups is 1. The summed E-state index contributed by atoms with van der Waals surface area (Å²) in [5, 5.41) is 9.58. The van der Waals surface area contributed by atoms with Gasteiger partial charge in [0.2, 0.25) is 0 Å². The van der Waals surface area contributed by atoms with Gasteiger partial charge in [-0.2, -0.15) is 0 Å². The first kappa shape index (κ1) is 13.9. The van der Waals surface area contributed by atoms with Gasteiger partial charge in [0.25, 0.3) is 0 Å². The molecule has 0 radical (unpaired) electrons. The van der Waals surface area contributed by atoms with Gasteiger partial charge in [-0.1, -0.05) is 25.1 Å². The Balaban J connectivity index is 2.64. The number of nitrogens with zero attached hydrogens (tertiary/aromatic N) is 1. The Bertz CT molecular complexity index is 505. The fourth-order valence-electron chi connectivity index (χ4n) is 3.54. The minimum Gasteiger partial charge on any atom is -0.480 e. The van der Waals surface area contributed by atoms with Gasteiger partial charge in [0.15, 0.2) is 0 Å². The van der Waals surface area contributed by atoms with Crippen LogP contribution in [0.25, 0.3) is 0 Å². The predicted octanol–water partition coefficient (Wildman–Crippen LogP) is 3.64. The standard InChI is InChI=1S/C16H23NO2/c1-11-10-15(2,3)17(16(4,5)14(18)19)13-9-7-6-8-12(11)13/h6-9,11H,10H2,1-5H3,(H,18,19)/t11-/m0/s1. The van der Waals surface area contributed by atoms with Crippen molar-refractivity contribution in [3.63, 3.8) is 0 Å². The molecular formula is C16H23NO2. The van der Waals surface area contributed by atoms with Gasteiger partial charge in [-0.25, -0.2) is 4.79 Å². The normalized spacial score (nSPS) is 21.9. The van der Waals surface area contributed by atoms with Gasteiger partial charge in [-0.3, -0.25) is 0 Å². The van der Waals surface area contributed by atoms with E-state index in [4.69, 9.17) is 0 Å². The lowest BCUT2D eigenvalue weighted by atomic mass is 9.77. The van der Waals surface area contributed by atoms with E-state index < -0.39 is 11.5 Å². The first-order valence-electron chi connectivity index (χ1n) is 6.80. The summed E-state index contributed by atoms with van der Waals surface area (Å²) in [6.07, 6.45) is 0.959. The SMILES string of the molecule is C[C@H]1CC(C)(C)N(C(C)(C)C(=O)O)c2ccccc21. The lowest BCUT2D eigenvalue weighted by Gasteiger charge is -2.53. The zero-order valence-corrected chi connectivity index (χ0v) is 12.4. The maximum atomic E-state index is 11.7. The summed E-state index contributed by atoms with van der Waals surface area (Å²) >= 11 is 0. The molecule has 1 N–H and O–H groups in total. The van der Waals surface area contributed by atoms with Crippen LogP contribution < -0.4 is 4.90 Å². The summed E-state index contributed by atoms with van der Waals surface area (Å²) in [6.45, 7) is 10.0. The molecule has 1 atom stereocenters. The van der Waals surface area contributed by atoms with Crippen LogP contribution >= 0.6 is 0 Å². The zero-order valence-electron chi connectivity index (χ0n) is 12.4. The molecule has 1 aliphatic heterocycles. The molecule has 1 aromatic rings. The van der Waals surface area contributed by atoms with Gasteiger partial charge in [0, 0.05) is 11.2 Å². The van der Waals surface area contributed by atoms with Gasteiger partial charge in [-0.15, -0.1) is 0 Å². The van der Waals surface area contributed by atoms with Crippen molar-refractivity contribution in [3.8, 4) is 0 Å². The first-order chi connectivity index (χ1) is 8.68. The first-order valence-corrected chi connectivity index (χ1v) is 6.80. The number of benzene rings is 1. The molecule has 19 heavy (non-hydrogen) atoms. The molecule has 0 fully saturated rings. The number of hydrogen-bond acceptors (Lipinski definition) is 2. The molecular weight excluding hydrogens is 238 g/mol. The predicted molar refractivity (Wildman–Crippen MR) is 77.7 cm³/mol. The van der Waals surface area contributed by atoms with E-state index in [-0.39, 0.29) is 5.54 Å². The molecule has 1 heterocycles. The highest BCUT2D eigenvalue weighted by Gasteiger charge is 2.46. The molecule has 1 aromatic carbocycles. The molecule has 0 saturated heterocycles. The molecule has 3 nitrogen and oxygen atoms in total. The van der Waals surface area contributed by atoms with Crippen LogP contribution in [-0.2, 0) is 4.79 Å². The molecule has 0 spiro atoms. The topological polar surface area (TPSA) is 40.5 Å². The maximum Gasteiger partial charge on any atom is 0.328 e. The molecule has 1 aliphatic rings. The summed E-state index contributed by atoms with van der Waals surface area (Å²) in [5.74, 6) is -0.336. The summed E-state index contributed by atoms with van der Waals surface area (Å²) in [6, 6.07) is 8.16. The van der Waals surface area contributed by atoms with E-state index in [0.29, 0.717) is 5.92 Å². The molecule has 0 aromatic heterocycles. The second-order valence-electron chi connectivity index (χ2n) is 6.68. The maximum absolute atomic E-state index is 11.7. The molecule has 0 saturated carbocycles. The summed E-state index contributed by atoms with van der Waals surface area (Å²) in [4.78, 5) is 13.7. The summed E-state index contributed by atoms with van der Waals surface area (Å²) < 4.78 is 0. The van der Waals surface area contributed by atoms with E-state index in [0.717, 1.165) is 12.1 Å². The third kappa shape index (κ3) is 2.11. The van der Waals surface area contributed by atoms with Crippen molar-refractivity contribution in [3.05, 3.63) is 29.8 Å². The quantitative estimate of drug-likeness (QED) is 0.883. The Morgan fingerprint density at radius 1 is 1.37 bits per heavy atom. The Morgan fingerprint density at radius 3 is 2.53 bits per heavy atom. The minimum absolute atomic E-state index is 0.171. The third-order valence-corrected chi connectivity index (χ3v) is 4.20. The van der Waals surface area contributed by atoms with Gasteiger partial charge < -0.3 is 10.0 Å². The Morgan fingerprint density at radius 2 is 1.95 bits per heavy atom. The molecule has 104 valence electrons. The average molecular weight is 261 g/mol. The van der Waals surface area contributed by atoms with Crippen LogP contribution in [0.3, 0.4) is 0 Å². The number of hydrogen-bond donors (Lipinski definition) is 1. The van der Waals surface area contributed by atoms with Gasteiger partial charge in [0.05, 0.1) is 0 Å². The molecule has 0 amide bonds. The van der Waals surface area contributed by atoms with Crippen molar-refractivity contribution in [2.24, 2.45) is 0 Å². The number of para-hydroxylation sites is 1.